The maximum absolute atomic E-state index is 11.7. The number of para-hydroxylation sites is 1. The second kappa shape index (κ2) is 5.24. The standard InChI is InChI=1S/C21H21NO4/c1-10(2)16-7-13-12-6-4-5-11(3)18(12)26-20(13)17-15-9-25-19(15)14(21(23)24)8-22(16)17/h4-6,8,10,16,19H,7,9H2,1-3H3,(H,23,24). The van der Waals surface area contributed by atoms with Crippen LogP contribution < -0.4 is 0 Å². The molecule has 3 aliphatic rings. The monoisotopic (exact) mass is 351 g/mol. The molecule has 2 atom stereocenters. The highest BCUT2D eigenvalue weighted by molar-refractivity contribution is 5.94. The lowest BCUT2D eigenvalue weighted by Gasteiger charge is -2.46. The summed E-state index contributed by atoms with van der Waals surface area (Å²) >= 11 is 0. The van der Waals surface area contributed by atoms with Crippen LogP contribution in [0, 0.1) is 12.8 Å². The van der Waals surface area contributed by atoms with Gasteiger partial charge in [-0.15, -0.1) is 0 Å². The number of nitrogens with zero attached hydrogens (tertiary/aromatic N) is 1. The lowest BCUT2D eigenvalue weighted by Crippen LogP contribution is -2.48. The Morgan fingerprint density at radius 3 is 2.81 bits per heavy atom. The van der Waals surface area contributed by atoms with Crippen molar-refractivity contribution >= 4 is 22.6 Å². The maximum atomic E-state index is 11.7. The Hall–Kier alpha value is -2.53. The van der Waals surface area contributed by atoms with E-state index in [1.165, 1.54) is 10.9 Å². The van der Waals surface area contributed by atoms with Gasteiger partial charge in [-0.25, -0.2) is 4.79 Å². The van der Waals surface area contributed by atoms with Gasteiger partial charge in [0, 0.05) is 28.8 Å². The summed E-state index contributed by atoms with van der Waals surface area (Å²) in [7, 11) is 0. The molecule has 4 heterocycles. The molecule has 0 bridgehead atoms. The lowest BCUT2D eigenvalue weighted by atomic mass is 9.82. The first-order valence-corrected chi connectivity index (χ1v) is 9.06. The molecule has 5 nitrogen and oxygen atoms in total. The third-order valence-electron chi connectivity index (χ3n) is 5.86. The Morgan fingerprint density at radius 1 is 1.35 bits per heavy atom. The third-order valence-corrected chi connectivity index (χ3v) is 5.86. The molecule has 0 aliphatic carbocycles. The molecule has 5 rings (SSSR count). The van der Waals surface area contributed by atoms with E-state index in [0.29, 0.717) is 18.1 Å². The molecule has 1 N–H and O–H groups in total. The van der Waals surface area contributed by atoms with Gasteiger partial charge in [0.05, 0.1) is 17.9 Å². The summed E-state index contributed by atoms with van der Waals surface area (Å²) in [4.78, 5) is 13.8. The number of carboxylic acids is 1. The summed E-state index contributed by atoms with van der Waals surface area (Å²) < 4.78 is 11.9. The number of furan rings is 1. The Kier molecular flexibility index (Phi) is 3.16. The summed E-state index contributed by atoms with van der Waals surface area (Å²) in [6.07, 6.45) is 2.15. The molecule has 26 heavy (non-hydrogen) atoms. The average Bonchev–Trinajstić information content (AvgIpc) is 2.93. The zero-order valence-electron chi connectivity index (χ0n) is 15.1. The van der Waals surface area contributed by atoms with Crippen LogP contribution in [0.3, 0.4) is 0 Å². The van der Waals surface area contributed by atoms with Crippen LogP contribution in [0.25, 0.3) is 16.7 Å². The van der Waals surface area contributed by atoms with Crippen molar-refractivity contribution in [3.05, 3.63) is 52.4 Å². The number of carboxylic acid groups (broad SMARTS) is 1. The normalized spacial score (nSPS) is 24.2. The predicted octanol–water partition coefficient (Wildman–Crippen LogP) is 3.72. The van der Waals surface area contributed by atoms with Gasteiger partial charge in [0.15, 0.2) is 5.76 Å². The molecular weight excluding hydrogens is 330 g/mol. The van der Waals surface area contributed by atoms with Crippen LogP contribution in [-0.4, -0.2) is 34.7 Å². The van der Waals surface area contributed by atoms with Crippen molar-refractivity contribution in [1.82, 2.24) is 4.90 Å². The Bertz CT molecular complexity index is 1010. The van der Waals surface area contributed by atoms with Crippen LogP contribution in [-0.2, 0) is 16.0 Å². The van der Waals surface area contributed by atoms with E-state index in [4.69, 9.17) is 9.15 Å². The first kappa shape index (κ1) is 15.7. The first-order chi connectivity index (χ1) is 12.5. The van der Waals surface area contributed by atoms with Crippen molar-refractivity contribution in [2.75, 3.05) is 6.61 Å². The zero-order chi connectivity index (χ0) is 18.2. The summed E-state index contributed by atoms with van der Waals surface area (Å²) in [5.74, 6) is 0.340. The highest BCUT2D eigenvalue weighted by Crippen LogP contribution is 2.48. The van der Waals surface area contributed by atoms with Gasteiger partial charge in [0.2, 0.25) is 0 Å². The molecule has 0 radical (unpaired) electrons. The van der Waals surface area contributed by atoms with E-state index in [1.54, 1.807) is 6.20 Å². The van der Waals surface area contributed by atoms with Crippen LogP contribution in [0.15, 0.2) is 40.0 Å². The Morgan fingerprint density at radius 2 is 2.15 bits per heavy atom. The minimum atomic E-state index is -0.917. The fraction of sp³-hybridized carbons (Fsp3) is 0.381. The number of aryl methyl sites for hydroxylation is 1. The zero-order valence-corrected chi connectivity index (χ0v) is 15.1. The lowest BCUT2D eigenvalue weighted by molar-refractivity contribution is -0.135. The van der Waals surface area contributed by atoms with Crippen molar-refractivity contribution in [2.45, 2.75) is 39.3 Å². The molecule has 2 aromatic rings. The van der Waals surface area contributed by atoms with Gasteiger partial charge in [0.1, 0.15) is 11.7 Å². The van der Waals surface area contributed by atoms with Crippen LogP contribution in [0.5, 0.6) is 0 Å². The van der Waals surface area contributed by atoms with E-state index in [2.05, 4.69) is 43.9 Å². The number of ether oxygens (including phenoxy) is 1. The largest absolute Gasteiger partial charge is 0.478 e. The van der Waals surface area contributed by atoms with Crippen molar-refractivity contribution in [1.29, 1.82) is 0 Å². The topological polar surface area (TPSA) is 62.9 Å². The molecule has 0 saturated carbocycles. The number of hydrogen-bond acceptors (Lipinski definition) is 4. The van der Waals surface area contributed by atoms with E-state index in [-0.39, 0.29) is 6.04 Å². The van der Waals surface area contributed by atoms with E-state index in [0.717, 1.165) is 34.6 Å². The van der Waals surface area contributed by atoms with Gasteiger partial charge in [-0.05, 0) is 24.8 Å². The fourth-order valence-corrected chi connectivity index (χ4v) is 4.43. The molecule has 134 valence electrons. The number of rotatable bonds is 2. The Balaban J connectivity index is 1.78. The van der Waals surface area contributed by atoms with Crippen molar-refractivity contribution in [2.24, 2.45) is 5.92 Å². The molecule has 1 fully saturated rings. The van der Waals surface area contributed by atoms with Gasteiger partial charge in [0.25, 0.3) is 0 Å². The summed E-state index contributed by atoms with van der Waals surface area (Å²) in [5.41, 5.74) is 5.64. The van der Waals surface area contributed by atoms with Gasteiger partial charge in [-0.2, -0.15) is 0 Å². The van der Waals surface area contributed by atoms with Crippen LogP contribution >= 0.6 is 0 Å². The van der Waals surface area contributed by atoms with Crippen molar-refractivity contribution < 1.29 is 19.1 Å². The van der Waals surface area contributed by atoms with Crippen molar-refractivity contribution in [3.8, 4) is 0 Å². The minimum Gasteiger partial charge on any atom is -0.478 e. The highest BCUT2D eigenvalue weighted by atomic mass is 16.5. The van der Waals surface area contributed by atoms with Gasteiger partial charge >= 0.3 is 5.97 Å². The SMILES string of the molecule is Cc1cccc2c3c(oc12)C1=C2COC2C(C(=O)O)=CN1C(C(C)C)C3. The number of fused-ring (bicyclic) bond motifs is 6. The Labute approximate surface area is 151 Å². The molecular formula is C21H21NO4. The van der Waals surface area contributed by atoms with E-state index in [9.17, 15) is 9.90 Å². The number of hydrogen-bond donors (Lipinski definition) is 1. The third kappa shape index (κ3) is 1.92. The van der Waals surface area contributed by atoms with Gasteiger partial charge < -0.3 is 19.2 Å². The number of benzene rings is 1. The van der Waals surface area contributed by atoms with Crippen LogP contribution in [0.4, 0.5) is 0 Å². The highest BCUT2D eigenvalue weighted by Gasteiger charge is 2.46. The predicted molar refractivity (Wildman–Crippen MR) is 97.5 cm³/mol. The van der Waals surface area contributed by atoms with Gasteiger partial charge in [-0.1, -0.05) is 32.0 Å². The fourth-order valence-electron chi connectivity index (χ4n) is 4.43. The molecule has 0 amide bonds. The first-order valence-electron chi connectivity index (χ1n) is 9.06. The molecule has 3 aliphatic heterocycles. The van der Waals surface area contributed by atoms with Crippen LogP contribution in [0.2, 0.25) is 0 Å². The maximum Gasteiger partial charge on any atom is 0.336 e. The van der Waals surface area contributed by atoms with Crippen LogP contribution in [0.1, 0.15) is 30.7 Å². The molecule has 2 unspecified atom stereocenters. The van der Waals surface area contributed by atoms with E-state index >= 15 is 0 Å². The molecule has 0 spiro atoms. The summed E-state index contributed by atoms with van der Waals surface area (Å²) in [6, 6.07) is 6.45. The summed E-state index contributed by atoms with van der Waals surface area (Å²) in [6.45, 7) is 6.89. The second-order valence-electron chi connectivity index (χ2n) is 7.74. The number of carbonyl (C=O) groups is 1. The quantitative estimate of drug-likeness (QED) is 0.893. The molecule has 1 aromatic carbocycles. The molecule has 1 aromatic heterocycles. The van der Waals surface area contributed by atoms with Crippen molar-refractivity contribution in [3.63, 3.8) is 0 Å². The average molecular weight is 351 g/mol. The minimum absolute atomic E-state index is 0.196. The molecule has 5 heteroatoms. The smallest absolute Gasteiger partial charge is 0.336 e. The second-order valence-corrected chi connectivity index (χ2v) is 7.74. The van der Waals surface area contributed by atoms with E-state index < -0.39 is 12.1 Å². The summed E-state index contributed by atoms with van der Waals surface area (Å²) in [5, 5.41) is 10.8. The van der Waals surface area contributed by atoms with Gasteiger partial charge in [-0.3, -0.25) is 0 Å². The molecule has 1 saturated heterocycles. The number of aliphatic carboxylic acids is 1. The van der Waals surface area contributed by atoms with E-state index in [1.807, 2.05) is 0 Å².